The zero-order valence-electron chi connectivity index (χ0n) is 10.3. The Bertz CT molecular complexity index is 565. The molecule has 6 heteroatoms. The van der Waals surface area contributed by atoms with Crippen LogP contribution in [0.15, 0.2) is 30.3 Å². The molecule has 2 N–H and O–H groups in total. The molecule has 1 aromatic carbocycles. The number of benzene rings is 1. The van der Waals surface area contributed by atoms with E-state index in [9.17, 15) is 4.79 Å². The summed E-state index contributed by atoms with van der Waals surface area (Å²) in [6.07, 6.45) is 2.88. The Labute approximate surface area is 115 Å². The second-order valence-electron chi connectivity index (χ2n) is 4.54. The maximum absolute atomic E-state index is 11.5. The van der Waals surface area contributed by atoms with Crippen LogP contribution in [-0.2, 0) is 6.42 Å². The van der Waals surface area contributed by atoms with Crippen molar-refractivity contribution < 1.29 is 4.79 Å². The standard InChI is InChI=1S/C13H14N4OS/c18-12(14-10-6-7-10)15-13-17-16-11(19-13)8-9-4-2-1-3-5-9/h1-5,10H,6-8H2,(H2,14,15,17,18). The number of carbonyl (C=O) groups excluding carboxylic acids is 1. The van der Waals surface area contributed by atoms with E-state index in [1.807, 2.05) is 30.3 Å². The Hall–Kier alpha value is -1.95. The van der Waals surface area contributed by atoms with Gasteiger partial charge in [0.2, 0.25) is 5.13 Å². The summed E-state index contributed by atoms with van der Waals surface area (Å²) in [6, 6.07) is 10.2. The minimum atomic E-state index is -0.190. The van der Waals surface area contributed by atoms with E-state index in [-0.39, 0.29) is 6.03 Å². The van der Waals surface area contributed by atoms with Gasteiger partial charge in [-0.3, -0.25) is 5.32 Å². The first-order valence-electron chi connectivity index (χ1n) is 6.23. The molecule has 1 saturated carbocycles. The number of urea groups is 1. The van der Waals surface area contributed by atoms with Crippen LogP contribution in [0.25, 0.3) is 0 Å². The summed E-state index contributed by atoms with van der Waals surface area (Å²) < 4.78 is 0. The van der Waals surface area contributed by atoms with E-state index in [2.05, 4.69) is 20.8 Å². The largest absolute Gasteiger partial charge is 0.335 e. The van der Waals surface area contributed by atoms with Crippen LogP contribution in [0.5, 0.6) is 0 Å². The summed E-state index contributed by atoms with van der Waals surface area (Å²) in [4.78, 5) is 11.5. The Balaban J connectivity index is 1.58. The zero-order valence-corrected chi connectivity index (χ0v) is 11.1. The highest BCUT2D eigenvalue weighted by Gasteiger charge is 2.23. The second-order valence-corrected chi connectivity index (χ2v) is 5.60. The maximum Gasteiger partial charge on any atom is 0.321 e. The van der Waals surface area contributed by atoms with E-state index in [0.717, 1.165) is 24.3 Å². The Morgan fingerprint density at radius 1 is 1.26 bits per heavy atom. The molecule has 2 aromatic rings. The molecular weight excluding hydrogens is 260 g/mol. The third kappa shape index (κ3) is 3.51. The third-order valence-electron chi connectivity index (χ3n) is 2.80. The topological polar surface area (TPSA) is 66.9 Å². The molecule has 2 amide bonds. The summed E-state index contributed by atoms with van der Waals surface area (Å²) in [6.45, 7) is 0. The number of nitrogens with one attached hydrogen (secondary N) is 2. The van der Waals surface area contributed by atoms with Crippen molar-refractivity contribution >= 4 is 22.5 Å². The van der Waals surface area contributed by atoms with Gasteiger partial charge in [0.15, 0.2) is 0 Å². The minimum Gasteiger partial charge on any atom is -0.335 e. The molecule has 0 saturated heterocycles. The molecule has 1 heterocycles. The molecule has 0 unspecified atom stereocenters. The number of nitrogens with zero attached hydrogens (tertiary/aromatic N) is 2. The lowest BCUT2D eigenvalue weighted by molar-refractivity contribution is 0.251. The van der Waals surface area contributed by atoms with Crippen LogP contribution >= 0.6 is 11.3 Å². The van der Waals surface area contributed by atoms with Crippen molar-refractivity contribution in [3.8, 4) is 0 Å². The third-order valence-corrected chi connectivity index (χ3v) is 3.64. The van der Waals surface area contributed by atoms with Gasteiger partial charge >= 0.3 is 6.03 Å². The Morgan fingerprint density at radius 2 is 2.05 bits per heavy atom. The van der Waals surface area contributed by atoms with E-state index in [4.69, 9.17) is 0 Å². The molecular formula is C13H14N4OS. The molecule has 0 bridgehead atoms. The normalized spacial score (nSPS) is 14.1. The summed E-state index contributed by atoms with van der Waals surface area (Å²) in [7, 11) is 0. The highest BCUT2D eigenvalue weighted by Crippen LogP contribution is 2.20. The molecule has 1 aliphatic rings. The lowest BCUT2D eigenvalue weighted by Gasteiger charge is -2.01. The van der Waals surface area contributed by atoms with Gasteiger partial charge in [0, 0.05) is 12.5 Å². The lowest BCUT2D eigenvalue weighted by Crippen LogP contribution is -2.30. The van der Waals surface area contributed by atoms with Gasteiger partial charge in [0.25, 0.3) is 0 Å². The predicted octanol–water partition coefficient (Wildman–Crippen LogP) is 2.41. The molecule has 19 heavy (non-hydrogen) atoms. The molecule has 5 nitrogen and oxygen atoms in total. The van der Waals surface area contributed by atoms with Crippen LogP contribution < -0.4 is 10.6 Å². The van der Waals surface area contributed by atoms with Crippen LogP contribution in [0.4, 0.5) is 9.93 Å². The second kappa shape index (κ2) is 5.36. The fourth-order valence-corrected chi connectivity index (χ4v) is 2.46. The predicted molar refractivity (Wildman–Crippen MR) is 74.3 cm³/mol. The van der Waals surface area contributed by atoms with Crippen LogP contribution in [0, 0.1) is 0 Å². The molecule has 0 aliphatic heterocycles. The van der Waals surface area contributed by atoms with E-state index in [0.29, 0.717) is 11.2 Å². The zero-order chi connectivity index (χ0) is 13.1. The SMILES string of the molecule is O=C(Nc1nnc(Cc2ccccc2)s1)NC1CC1. The minimum absolute atomic E-state index is 0.190. The van der Waals surface area contributed by atoms with E-state index in [1.165, 1.54) is 16.9 Å². The van der Waals surface area contributed by atoms with Crippen molar-refractivity contribution in [3.63, 3.8) is 0 Å². The fourth-order valence-electron chi connectivity index (χ4n) is 1.69. The van der Waals surface area contributed by atoms with Crippen LogP contribution in [0.3, 0.4) is 0 Å². The van der Waals surface area contributed by atoms with Gasteiger partial charge in [-0.2, -0.15) is 0 Å². The average molecular weight is 274 g/mol. The number of amides is 2. The van der Waals surface area contributed by atoms with Gasteiger partial charge < -0.3 is 5.32 Å². The van der Waals surface area contributed by atoms with Crippen molar-refractivity contribution in [1.29, 1.82) is 0 Å². The number of hydrogen-bond donors (Lipinski definition) is 2. The molecule has 0 atom stereocenters. The smallest absolute Gasteiger partial charge is 0.321 e. The molecule has 98 valence electrons. The van der Waals surface area contributed by atoms with Crippen molar-refractivity contribution in [2.75, 3.05) is 5.32 Å². The van der Waals surface area contributed by atoms with Crippen LogP contribution in [-0.4, -0.2) is 22.3 Å². The molecule has 3 rings (SSSR count). The van der Waals surface area contributed by atoms with Crippen molar-refractivity contribution in [2.45, 2.75) is 25.3 Å². The molecule has 0 radical (unpaired) electrons. The first kappa shape index (κ1) is 12.1. The maximum atomic E-state index is 11.5. The van der Waals surface area contributed by atoms with Crippen molar-refractivity contribution in [2.24, 2.45) is 0 Å². The number of carbonyl (C=O) groups is 1. The van der Waals surface area contributed by atoms with E-state index in [1.54, 1.807) is 0 Å². The highest BCUT2D eigenvalue weighted by atomic mass is 32.1. The van der Waals surface area contributed by atoms with Crippen LogP contribution in [0.2, 0.25) is 0 Å². The van der Waals surface area contributed by atoms with Gasteiger partial charge in [-0.1, -0.05) is 41.7 Å². The lowest BCUT2D eigenvalue weighted by atomic mass is 10.2. The first-order valence-corrected chi connectivity index (χ1v) is 7.05. The van der Waals surface area contributed by atoms with Crippen LogP contribution in [0.1, 0.15) is 23.4 Å². The van der Waals surface area contributed by atoms with Crippen molar-refractivity contribution in [1.82, 2.24) is 15.5 Å². The van der Waals surface area contributed by atoms with Gasteiger partial charge in [-0.05, 0) is 18.4 Å². The first-order chi connectivity index (χ1) is 9.29. The Kier molecular flexibility index (Phi) is 3.41. The number of hydrogen-bond acceptors (Lipinski definition) is 4. The highest BCUT2D eigenvalue weighted by molar-refractivity contribution is 7.15. The number of aromatic nitrogens is 2. The quantitative estimate of drug-likeness (QED) is 0.899. The van der Waals surface area contributed by atoms with Gasteiger partial charge in [-0.25, -0.2) is 4.79 Å². The van der Waals surface area contributed by atoms with Gasteiger partial charge in [-0.15, -0.1) is 10.2 Å². The number of anilines is 1. The summed E-state index contributed by atoms with van der Waals surface area (Å²) in [5.41, 5.74) is 1.19. The monoisotopic (exact) mass is 274 g/mol. The molecule has 1 aromatic heterocycles. The molecule has 1 fully saturated rings. The van der Waals surface area contributed by atoms with E-state index >= 15 is 0 Å². The van der Waals surface area contributed by atoms with E-state index < -0.39 is 0 Å². The van der Waals surface area contributed by atoms with Gasteiger partial charge in [0.1, 0.15) is 5.01 Å². The molecule has 1 aliphatic carbocycles. The Morgan fingerprint density at radius 3 is 2.79 bits per heavy atom. The summed E-state index contributed by atoms with van der Waals surface area (Å²) in [5.74, 6) is 0. The number of rotatable bonds is 4. The summed E-state index contributed by atoms with van der Waals surface area (Å²) in [5, 5.41) is 15.1. The average Bonchev–Trinajstić information content (AvgIpc) is 3.11. The summed E-state index contributed by atoms with van der Waals surface area (Å²) >= 11 is 1.41. The van der Waals surface area contributed by atoms with Crippen molar-refractivity contribution in [3.05, 3.63) is 40.9 Å². The molecule has 0 spiro atoms. The van der Waals surface area contributed by atoms with Gasteiger partial charge in [0.05, 0.1) is 0 Å². The fraction of sp³-hybridized carbons (Fsp3) is 0.308.